The standard InChI is InChI=1S/C19H24N4O2S2/c1-13(2)11-23-19(14(3)4)16(10-20-23)22-27(24,25)17-12-26-21-18(17)15-8-6-5-7-9-15/h5-10,12-14,22H,11H2,1-4H3. The lowest BCUT2D eigenvalue weighted by Crippen LogP contribution is -2.16. The summed E-state index contributed by atoms with van der Waals surface area (Å²) in [7, 11) is -3.78. The molecule has 0 unspecified atom stereocenters. The lowest BCUT2D eigenvalue weighted by atomic mass is 10.1. The van der Waals surface area contributed by atoms with Crippen LogP contribution in [-0.4, -0.2) is 22.6 Å². The topological polar surface area (TPSA) is 76.9 Å². The monoisotopic (exact) mass is 404 g/mol. The molecule has 0 aliphatic rings. The first-order valence-corrected chi connectivity index (χ1v) is 11.2. The summed E-state index contributed by atoms with van der Waals surface area (Å²) >= 11 is 1.13. The van der Waals surface area contributed by atoms with Crippen LogP contribution in [0.4, 0.5) is 5.69 Å². The predicted molar refractivity (Wildman–Crippen MR) is 110 cm³/mol. The molecule has 0 fully saturated rings. The van der Waals surface area contributed by atoms with Crippen LogP contribution < -0.4 is 4.72 Å². The van der Waals surface area contributed by atoms with Gasteiger partial charge in [0.05, 0.1) is 17.6 Å². The molecule has 3 rings (SSSR count). The summed E-state index contributed by atoms with van der Waals surface area (Å²) in [5.74, 6) is 0.552. The summed E-state index contributed by atoms with van der Waals surface area (Å²) in [5.41, 5.74) is 2.65. The van der Waals surface area contributed by atoms with Crippen LogP contribution in [0, 0.1) is 5.92 Å². The fraction of sp³-hybridized carbons (Fsp3) is 0.368. The first kappa shape index (κ1) is 19.6. The van der Waals surface area contributed by atoms with Crippen molar-refractivity contribution in [3.63, 3.8) is 0 Å². The molecular weight excluding hydrogens is 380 g/mol. The minimum atomic E-state index is -3.78. The van der Waals surface area contributed by atoms with E-state index in [2.05, 4.69) is 28.0 Å². The Balaban J connectivity index is 1.97. The molecule has 144 valence electrons. The molecule has 2 heterocycles. The van der Waals surface area contributed by atoms with Gasteiger partial charge in [-0.3, -0.25) is 9.40 Å². The van der Waals surface area contributed by atoms with Crippen molar-refractivity contribution in [1.29, 1.82) is 0 Å². The van der Waals surface area contributed by atoms with Crippen molar-refractivity contribution in [3.8, 4) is 11.3 Å². The van der Waals surface area contributed by atoms with Gasteiger partial charge in [-0.2, -0.15) is 9.47 Å². The molecular formula is C19H24N4O2S2. The molecule has 0 amide bonds. The number of hydrogen-bond acceptors (Lipinski definition) is 5. The first-order chi connectivity index (χ1) is 12.8. The maximum Gasteiger partial charge on any atom is 0.265 e. The van der Waals surface area contributed by atoms with Crippen molar-refractivity contribution >= 4 is 27.2 Å². The van der Waals surface area contributed by atoms with Gasteiger partial charge in [0.15, 0.2) is 0 Å². The number of hydrogen-bond donors (Lipinski definition) is 1. The van der Waals surface area contributed by atoms with Gasteiger partial charge in [0, 0.05) is 17.5 Å². The summed E-state index contributed by atoms with van der Waals surface area (Å²) in [4.78, 5) is 0.185. The molecule has 1 N–H and O–H groups in total. The number of anilines is 1. The van der Waals surface area contributed by atoms with Crippen LogP contribution in [0.3, 0.4) is 0 Å². The van der Waals surface area contributed by atoms with Crippen molar-refractivity contribution in [1.82, 2.24) is 14.2 Å². The second-order valence-electron chi connectivity index (χ2n) is 7.17. The fourth-order valence-electron chi connectivity index (χ4n) is 2.98. The van der Waals surface area contributed by atoms with E-state index >= 15 is 0 Å². The molecule has 2 aromatic heterocycles. The summed E-state index contributed by atoms with van der Waals surface area (Å²) in [6.07, 6.45) is 1.59. The molecule has 6 nitrogen and oxygen atoms in total. The van der Waals surface area contributed by atoms with Gasteiger partial charge in [-0.25, -0.2) is 8.42 Å². The predicted octanol–water partition coefficient (Wildman–Crippen LogP) is 4.59. The normalized spacial score (nSPS) is 12.1. The van der Waals surface area contributed by atoms with Crippen LogP contribution >= 0.6 is 11.5 Å². The molecule has 0 spiro atoms. The van der Waals surface area contributed by atoms with E-state index in [1.165, 1.54) is 0 Å². The quantitative estimate of drug-likeness (QED) is 0.625. The zero-order chi connectivity index (χ0) is 19.6. The molecule has 27 heavy (non-hydrogen) atoms. The number of nitrogens with one attached hydrogen (secondary N) is 1. The van der Waals surface area contributed by atoms with Gasteiger partial charge < -0.3 is 0 Å². The second-order valence-corrected chi connectivity index (χ2v) is 9.45. The highest BCUT2D eigenvalue weighted by Crippen LogP contribution is 2.31. The molecule has 0 saturated carbocycles. The summed E-state index contributed by atoms with van der Waals surface area (Å²) in [6, 6.07) is 9.33. The largest absolute Gasteiger partial charge is 0.276 e. The molecule has 8 heteroatoms. The maximum atomic E-state index is 13.1. The van der Waals surface area contributed by atoms with Gasteiger partial charge in [0.2, 0.25) is 0 Å². The van der Waals surface area contributed by atoms with Crippen LogP contribution in [0.1, 0.15) is 39.3 Å². The van der Waals surface area contributed by atoms with Crippen LogP contribution in [0.25, 0.3) is 11.3 Å². The third-order valence-corrected chi connectivity index (χ3v) is 6.24. The SMILES string of the molecule is CC(C)Cn1ncc(NS(=O)(=O)c2csnc2-c2ccccc2)c1C(C)C. The smallest absolute Gasteiger partial charge is 0.265 e. The van der Waals surface area contributed by atoms with E-state index in [9.17, 15) is 8.42 Å². The Morgan fingerprint density at radius 2 is 1.85 bits per heavy atom. The van der Waals surface area contributed by atoms with Gasteiger partial charge in [-0.05, 0) is 23.4 Å². The maximum absolute atomic E-state index is 13.1. The third-order valence-electron chi connectivity index (χ3n) is 4.08. The average Bonchev–Trinajstić information content (AvgIpc) is 3.22. The van der Waals surface area contributed by atoms with Crippen LogP contribution in [0.15, 0.2) is 46.8 Å². The number of rotatable bonds is 7. The van der Waals surface area contributed by atoms with E-state index in [1.807, 2.05) is 48.9 Å². The van der Waals surface area contributed by atoms with Crippen LogP contribution in [-0.2, 0) is 16.6 Å². The number of nitrogens with zero attached hydrogens (tertiary/aromatic N) is 3. The molecule has 1 aromatic carbocycles. The Bertz CT molecular complexity index is 1010. The third kappa shape index (κ3) is 4.22. The molecule has 0 aliphatic carbocycles. The minimum Gasteiger partial charge on any atom is -0.276 e. The van der Waals surface area contributed by atoms with E-state index < -0.39 is 10.0 Å². The zero-order valence-electron chi connectivity index (χ0n) is 15.9. The molecule has 0 bridgehead atoms. The average molecular weight is 405 g/mol. The van der Waals surface area contributed by atoms with Crippen LogP contribution in [0.5, 0.6) is 0 Å². The molecule has 0 saturated heterocycles. The molecule has 0 aliphatic heterocycles. The molecule has 0 radical (unpaired) electrons. The van der Waals surface area contributed by atoms with Crippen LogP contribution in [0.2, 0.25) is 0 Å². The fourth-order valence-corrected chi connectivity index (χ4v) is 5.22. The summed E-state index contributed by atoms with van der Waals surface area (Å²) in [6.45, 7) is 9.03. The van der Waals surface area contributed by atoms with Crippen molar-refractivity contribution in [2.24, 2.45) is 5.92 Å². The molecule has 0 atom stereocenters. The number of benzene rings is 1. The summed E-state index contributed by atoms with van der Waals surface area (Å²) < 4.78 is 35.1. The highest BCUT2D eigenvalue weighted by molar-refractivity contribution is 7.93. The number of sulfonamides is 1. The first-order valence-electron chi connectivity index (χ1n) is 8.88. The zero-order valence-corrected chi connectivity index (χ0v) is 17.5. The summed E-state index contributed by atoms with van der Waals surface area (Å²) in [5, 5.41) is 5.97. The lowest BCUT2D eigenvalue weighted by molar-refractivity contribution is 0.462. The highest BCUT2D eigenvalue weighted by atomic mass is 32.2. The Morgan fingerprint density at radius 1 is 1.15 bits per heavy atom. The minimum absolute atomic E-state index is 0.137. The Morgan fingerprint density at radius 3 is 2.48 bits per heavy atom. The van der Waals surface area contributed by atoms with Crippen molar-refractivity contribution in [3.05, 3.63) is 47.6 Å². The lowest BCUT2D eigenvalue weighted by Gasteiger charge is -2.15. The second kappa shape index (κ2) is 7.82. The van der Waals surface area contributed by atoms with E-state index in [-0.39, 0.29) is 10.8 Å². The van der Waals surface area contributed by atoms with Crippen molar-refractivity contribution < 1.29 is 8.42 Å². The molecule has 3 aromatic rings. The van der Waals surface area contributed by atoms with Gasteiger partial charge in [0.1, 0.15) is 10.6 Å². The van der Waals surface area contributed by atoms with E-state index in [4.69, 9.17) is 0 Å². The Hall–Kier alpha value is -2.19. The van der Waals surface area contributed by atoms with Crippen molar-refractivity contribution in [2.75, 3.05) is 4.72 Å². The van der Waals surface area contributed by atoms with Crippen molar-refractivity contribution in [2.45, 2.75) is 45.1 Å². The highest BCUT2D eigenvalue weighted by Gasteiger charge is 2.25. The van der Waals surface area contributed by atoms with Gasteiger partial charge in [0.25, 0.3) is 10.0 Å². The van der Waals surface area contributed by atoms with Gasteiger partial charge in [-0.1, -0.05) is 58.0 Å². The van der Waals surface area contributed by atoms with Gasteiger partial charge >= 0.3 is 0 Å². The van der Waals surface area contributed by atoms with E-state index in [1.54, 1.807) is 11.6 Å². The Labute approximate surface area is 164 Å². The number of aromatic nitrogens is 3. The van der Waals surface area contributed by atoms with Gasteiger partial charge in [-0.15, -0.1) is 0 Å². The van der Waals surface area contributed by atoms with E-state index in [0.29, 0.717) is 17.3 Å². The van der Waals surface area contributed by atoms with E-state index in [0.717, 1.165) is 29.3 Å². The Kier molecular flexibility index (Phi) is 5.67.